The summed E-state index contributed by atoms with van der Waals surface area (Å²) in [5.74, 6) is 0.415. The van der Waals surface area contributed by atoms with Gasteiger partial charge in [-0.1, -0.05) is 41.9 Å². The topological polar surface area (TPSA) is 81.2 Å². The number of halogens is 2. The number of hydrogen-bond donors (Lipinski definition) is 1. The van der Waals surface area contributed by atoms with Crippen LogP contribution in [0.1, 0.15) is 11.1 Å². The van der Waals surface area contributed by atoms with E-state index in [1.54, 1.807) is 18.3 Å². The number of nitrogens with zero attached hydrogens (tertiary/aromatic N) is 2. The van der Waals surface area contributed by atoms with E-state index >= 15 is 0 Å². The maximum Gasteiger partial charge on any atom is 0.243 e. The molecule has 0 aliphatic carbocycles. The number of pyridine rings is 2. The fourth-order valence-corrected chi connectivity index (χ4v) is 4.18. The maximum absolute atomic E-state index is 12.5. The molecule has 3 aromatic rings. The van der Waals surface area contributed by atoms with Crippen molar-refractivity contribution in [2.75, 3.05) is 0 Å². The molecule has 2 heterocycles. The molecule has 0 saturated carbocycles. The smallest absolute Gasteiger partial charge is 0.243 e. The minimum Gasteiger partial charge on any atom is -0.473 e. The van der Waals surface area contributed by atoms with Crippen LogP contribution in [0, 0.1) is 0 Å². The van der Waals surface area contributed by atoms with Crippen LogP contribution >= 0.6 is 27.5 Å². The molecule has 0 atom stereocenters. The number of hydrogen-bond acceptors (Lipinski definition) is 5. The van der Waals surface area contributed by atoms with Gasteiger partial charge in [0, 0.05) is 29.5 Å². The lowest BCUT2D eigenvalue weighted by atomic mass is 10.2. The summed E-state index contributed by atoms with van der Waals surface area (Å²) in [6.07, 6.45) is 3.00. The molecule has 0 unspecified atom stereocenters. The molecule has 0 radical (unpaired) electrons. The van der Waals surface area contributed by atoms with Crippen molar-refractivity contribution >= 4 is 37.6 Å². The van der Waals surface area contributed by atoms with Crippen LogP contribution in [0.5, 0.6) is 5.88 Å². The van der Waals surface area contributed by atoms with Crippen LogP contribution in [-0.2, 0) is 23.2 Å². The third kappa shape index (κ3) is 5.49. The van der Waals surface area contributed by atoms with Crippen molar-refractivity contribution in [1.82, 2.24) is 14.7 Å². The van der Waals surface area contributed by atoms with Gasteiger partial charge in [0.2, 0.25) is 15.9 Å². The average molecular weight is 469 g/mol. The summed E-state index contributed by atoms with van der Waals surface area (Å²) in [4.78, 5) is 7.89. The van der Waals surface area contributed by atoms with E-state index in [9.17, 15) is 8.42 Å². The van der Waals surface area contributed by atoms with E-state index in [0.29, 0.717) is 22.5 Å². The van der Waals surface area contributed by atoms with Crippen molar-refractivity contribution in [3.8, 4) is 5.88 Å². The van der Waals surface area contributed by atoms with E-state index < -0.39 is 10.0 Å². The second-order valence-corrected chi connectivity index (χ2v) is 8.55. The van der Waals surface area contributed by atoms with E-state index in [2.05, 4.69) is 30.6 Å². The first kappa shape index (κ1) is 19.8. The maximum atomic E-state index is 12.5. The quantitative estimate of drug-likeness (QED) is 0.531. The van der Waals surface area contributed by atoms with E-state index in [1.165, 1.54) is 12.3 Å². The molecule has 140 valence electrons. The lowest BCUT2D eigenvalue weighted by Gasteiger charge is -2.10. The molecule has 3 rings (SSSR count). The first-order valence-corrected chi connectivity index (χ1v) is 10.5. The van der Waals surface area contributed by atoms with E-state index in [1.807, 2.05) is 30.3 Å². The van der Waals surface area contributed by atoms with Crippen molar-refractivity contribution in [3.63, 3.8) is 0 Å². The van der Waals surface area contributed by atoms with Gasteiger partial charge in [-0.25, -0.2) is 23.1 Å². The molecule has 2 aromatic heterocycles. The van der Waals surface area contributed by atoms with Crippen LogP contribution in [0.4, 0.5) is 0 Å². The number of nitrogens with one attached hydrogen (secondary N) is 1. The van der Waals surface area contributed by atoms with Gasteiger partial charge in [0.15, 0.2) is 0 Å². The molecule has 0 aliphatic rings. The Hall–Kier alpha value is -2.00. The van der Waals surface area contributed by atoms with Gasteiger partial charge in [-0.15, -0.1) is 0 Å². The highest BCUT2D eigenvalue weighted by Crippen LogP contribution is 2.23. The van der Waals surface area contributed by atoms with Crippen LogP contribution in [0.25, 0.3) is 0 Å². The first-order valence-electron chi connectivity index (χ1n) is 7.86. The van der Waals surface area contributed by atoms with Gasteiger partial charge in [-0.2, -0.15) is 0 Å². The number of aromatic nitrogens is 2. The molecular formula is C18H15BrClN3O3S. The van der Waals surface area contributed by atoms with Gasteiger partial charge in [0.05, 0.1) is 0 Å². The minimum absolute atomic E-state index is 0.0649. The highest BCUT2D eigenvalue weighted by molar-refractivity contribution is 9.10. The molecule has 27 heavy (non-hydrogen) atoms. The zero-order valence-electron chi connectivity index (χ0n) is 14.0. The Labute approximate surface area is 170 Å². The number of benzene rings is 1. The SMILES string of the molecule is O=S(=O)(NCc1ccnc(OCc2ccccc2)c1)c1cc(Br)cnc1Cl. The van der Waals surface area contributed by atoms with E-state index in [-0.39, 0.29) is 16.6 Å². The van der Waals surface area contributed by atoms with Gasteiger partial charge >= 0.3 is 0 Å². The molecule has 0 bridgehead atoms. The lowest BCUT2D eigenvalue weighted by molar-refractivity contribution is 0.293. The van der Waals surface area contributed by atoms with Crippen molar-refractivity contribution < 1.29 is 13.2 Å². The summed E-state index contributed by atoms with van der Waals surface area (Å²) in [6, 6.07) is 14.5. The van der Waals surface area contributed by atoms with Crippen LogP contribution in [0.15, 0.2) is 70.3 Å². The summed E-state index contributed by atoms with van der Waals surface area (Å²) in [7, 11) is -3.82. The van der Waals surface area contributed by atoms with Crippen molar-refractivity contribution in [1.29, 1.82) is 0 Å². The Morgan fingerprint density at radius 2 is 1.85 bits per heavy atom. The molecule has 6 nitrogen and oxygen atoms in total. The fraction of sp³-hybridized carbons (Fsp3) is 0.111. The van der Waals surface area contributed by atoms with Gasteiger partial charge in [-0.3, -0.25) is 0 Å². The Balaban J connectivity index is 1.66. The third-order valence-corrected chi connectivity index (χ3v) is 5.82. The first-order chi connectivity index (χ1) is 12.9. The van der Waals surface area contributed by atoms with Crippen molar-refractivity contribution in [2.24, 2.45) is 0 Å². The minimum atomic E-state index is -3.82. The van der Waals surface area contributed by atoms with Gasteiger partial charge in [0.1, 0.15) is 16.7 Å². The number of ether oxygens (including phenoxy) is 1. The van der Waals surface area contributed by atoms with Gasteiger partial charge < -0.3 is 4.74 Å². The zero-order chi connectivity index (χ0) is 19.3. The third-order valence-electron chi connectivity index (χ3n) is 3.56. The zero-order valence-corrected chi connectivity index (χ0v) is 17.1. The Kier molecular flexibility index (Phi) is 6.43. The monoisotopic (exact) mass is 467 g/mol. The summed E-state index contributed by atoms with van der Waals surface area (Å²) < 4.78 is 33.6. The molecule has 0 amide bonds. The summed E-state index contributed by atoms with van der Waals surface area (Å²) in [5.41, 5.74) is 1.72. The van der Waals surface area contributed by atoms with Crippen LogP contribution in [-0.4, -0.2) is 18.4 Å². The van der Waals surface area contributed by atoms with Crippen LogP contribution in [0.2, 0.25) is 5.15 Å². The molecule has 1 N–H and O–H groups in total. The summed E-state index contributed by atoms with van der Waals surface area (Å²) in [5, 5.41) is -0.0905. The molecule has 0 aliphatic heterocycles. The number of rotatable bonds is 7. The Bertz CT molecular complexity index is 1030. The molecule has 0 fully saturated rings. The number of sulfonamides is 1. The second kappa shape index (κ2) is 8.79. The predicted octanol–water partition coefficient (Wildman–Crippen LogP) is 3.95. The Morgan fingerprint density at radius 1 is 1.07 bits per heavy atom. The normalized spacial score (nSPS) is 11.3. The van der Waals surface area contributed by atoms with Gasteiger partial charge in [0.25, 0.3) is 0 Å². The predicted molar refractivity (Wildman–Crippen MR) is 106 cm³/mol. The second-order valence-electron chi connectivity index (χ2n) is 5.54. The largest absolute Gasteiger partial charge is 0.473 e. The van der Waals surface area contributed by atoms with Gasteiger partial charge in [-0.05, 0) is 39.2 Å². The molecule has 1 aromatic carbocycles. The van der Waals surface area contributed by atoms with E-state index in [0.717, 1.165) is 5.56 Å². The average Bonchev–Trinajstić information content (AvgIpc) is 2.68. The van der Waals surface area contributed by atoms with Crippen LogP contribution < -0.4 is 9.46 Å². The Morgan fingerprint density at radius 3 is 2.63 bits per heavy atom. The lowest BCUT2D eigenvalue weighted by Crippen LogP contribution is -2.23. The standard InChI is InChI=1S/C18H15BrClN3O3S/c19-15-9-16(18(20)22-11-15)27(24,25)23-10-14-6-7-21-17(8-14)26-12-13-4-2-1-3-5-13/h1-9,11,23H,10,12H2. The summed E-state index contributed by atoms with van der Waals surface area (Å²) in [6.45, 7) is 0.442. The molecular weight excluding hydrogens is 454 g/mol. The highest BCUT2D eigenvalue weighted by atomic mass is 79.9. The van der Waals surface area contributed by atoms with E-state index in [4.69, 9.17) is 16.3 Å². The molecule has 0 saturated heterocycles. The fourth-order valence-electron chi connectivity index (χ4n) is 2.22. The molecule has 0 spiro atoms. The molecule has 9 heteroatoms. The van der Waals surface area contributed by atoms with Crippen LogP contribution in [0.3, 0.4) is 0 Å². The van der Waals surface area contributed by atoms with Crippen molar-refractivity contribution in [3.05, 3.63) is 81.7 Å². The van der Waals surface area contributed by atoms with Crippen molar-refractivity contribution in [2.45, 2.75) is 18.0 Å². The highest BCUT2D eigenvalue weighted by Gasteiger charge is 2.19. The summed E-state index contributed by atoms with van der Waals surface area (Å²) >= 11 is 9.10.